The minimum atomic E-state index is 0.0768. The quantitative estimate of drug-likeness (QED) is 0.865. The highest BCUT2D eigenvalue weighted by Gasteiger charge is 2.60. The molecule has 0 saturated heterocycles. The SMILES string of the molecule is CC(C)NC(=O)CC1(c2ccccc2)C2CC3CC1CC(C2)C3C. The van der Waals surface area contributed by atoms with Gasteiger partial charge in [-0.1, -0.05) is 37.3 Å². The highest BCUT2D eigenvalue weighted by molar-refractivity contribution is 5.78. The largest absolute Gasteiger partial charge is 0.354 e. The standard InChI is InChI=1S/C22H31NO/c1-14(2)23-21(24)13-22(18-7-5-4-6-8-18)19-9-16-10-20(22)12-17(11-19)15(16)3/h4-8,14-17,19-20H,9-13H2,1-3H3,(H,23,24). The second-order valence-electron chi connectivity index (χ2n) is 9.02. The van der Waals surface area contributed by atoms with E-state index >= 15 is 0 Å². The van der Waals surface area contributed by atoms with Gasteiger partial charge in [-0.15, -0.1) is 0 Å². The van der Waals surface area contributed by atoms with Crippen molar-refractivity contribution in [3.8, 4) is 0 Å². The Morgan fingerprint density at radius 2 is 1.62 bits per heavy atom. The molecule has 1 aromatic rings. The monoisotopic (exact) mass is 325 g/mol. The topological polar surface area (TPSA) is 29.1 Å². The third-order valence-electron chi connectivity index (χ3n) is 7.51. The van der Waals surface area contributed by atoms with Crippen LogP contribution in [0.4, 0.5) is 0 Å². The average Bonchev–Trinajstić information content (AvgIpc) is 2.53. The molecule has 0 spiro atoms. The van der Waals surface area contributed by atoms with Gasteiger partial charge in [-0.2, -0.15) is 0 Å². The zero-order valence-electron chi connectivity index (χ0n) is 15.3. The molecule has 0 aliphatic heterocycles. The normalized spacial score (nSPS) is 40.1. The molecule has 4 aliphatic carbocycles. The van der Waals surface area contributed by atoms with Crippen LogP contribution in [-0.4, -0.2) is 11.9 Å². The zero-order chi connectivity index (χ0) is 16.9. The van der Waals surface area contributed by atoms with E-state index in [1.165, 1.54) is 31.2 Å². The molecule has 0 atom stereocenters. The van der Waals surface area contributed by atoms with Crippen LogP contribution in [0.1, 0.15) is 58.4 Å². The number of benzene rings is 1. The molecule has 5 rings (SSSR count). The van der Waals surface area contributed by atoms with Gasteiger partial charge >= 0.3 is 0 Å². The van der Waals surface area contributed by atoms with Gasteiger partial charge in [-0.3, -0.25) is 4.79 Å². The van der Waals surface area contributed by atoms with Crippen LogP contribution in [0.5, 0.6) is 0 Å². The highest BCUT2D eigenvalue weighted by atomic mass is 16.1. The van der Waals surface area contributed by atoms with Crippen molar-refractivity contribution in [1.29, 1.82) is 0 Å². The number of nitrogens with one attached hydrogen (secondary N) is 1. The molecular weight excluding hydrogens is 294 g/mol. The summed E-state index contributed by atoms with van der Waals surface area (Å²) in [5.74, 6) is 4.33. The molecule has 24 heavy (non-hydrogen) atoms. The predicted octanol–water partition coefficient (Wildman–Crippen LogP) is 4.54. The molecule has 2 nitrogen and oxygen atoms in total. The maximum Gasteiger partial charge on any atom is 0.221 e. The lowest BCUT2D eigenvalue weighted by molar-refractivity contribution is -0.133. The van der Waals surface area contributed by atoms with E-state index in [0.717, 1.165) is 17.8 Å². The lowest BCUT2D eigenvalue weighted by atomic mass is 9.41. The summed E-state index contributed by atoms with van der Waals surface area (Å²) in [6, 6.07) is 11.2. The van der Waals surface area contributed by atoms with Crippen LogP contribution in [-0.2, 0) is 10.2 Å². The number of hydrogen-bond donors (Lipinski definition) is 1. The average molecular weight is 325 g/mol. The molecule has 0 heterocycles. The van der Waals surface area contributed by atoms with Gasteiger partial charge in [0.1, 0.15) is 0 Å². The molecule has 1 N–H and O–H groups in total. The molecule has 4 aliphatic rings. The van der Waals surface area contributed by atoms with Crippen molar-refractivity contribution in [3.63, 3.8) is 0 Å². The van der Waals surface area contributed by atoms with E-state index in [2.05, 4.69) is 56.4 Å². The minimum absolute atomic E-state index is 0.0768. The molecule has 4 fully saturated rings. The first kappa shape index (κ1) is 16.2. The van der Waals surface area contributed by atoms with E-state index in [0.29, 0.717) is 18.3 Å². The van der Waals surface area contributed by atoms with Crippen molar-refractivity contribution in [2.24, 2.45) is 29.6 Å². The number of hydrogen-bond acceptors (Lipinski definition) is 1. The fourth-order valence-electron chi connectivity index (χ4n) is 6.51. The first-order valence-electron chi connectivity index (χ1n) is 9.85. The highest BCUT2D eigenvalue weighted by Crippen LogP contribution is 2.65. The van der Waals surface area contributed by atoms with E-state index in [1.54, 1.807) is 0 Å². The van der Waals surface area contributed by atoms with Gasteiger partial charge < -0.3 is 5.32 Å². The predicted molar refractivity (Wildman–Crippen MR) is 97.6 cm³/mol. The maximum absolute atomic E-state index is 12.8. The van der Waals surface area contributed by atoms with Crippen molar-refractivity contribution in [2.75, 3.05) is 0 Å². The Kier molecular flexibility index (Phi) is 3.97. The van der Waals surface area contributed by atoms with Crippen LogP contribution < -0.4 is 5.32 Å². The van der Waals surface area contributed by atoms with Crippen LogP contribution >= 0.6 is 0 Å². The molecule has 2 heteroatoms. The molecule has 130 valence electrons. The van der Waals surface area contributed by atoms with Crippen LogP contribution in [0.3, 0.4) is 0 Å². The number of carbonyl (C=O) groups excluding carboxylic acids is 1. The van der Waals surface area contributed by atoms with Gasteiger partial charge in [0.2, 0.25) is 5.91 Å². The second-order valence-corrected chi connectivity index (χ2v) is 9.02. The zero-order valence-corrected chi connectivity index (χ0v) is 15.3. The first-order chi connectivity index (χ1) is 11.5. The van der Waals surface area contributed by atoms with Crippen LogP contribution in [0.15, 0.2) is 30.3 Å². The Labute approximate surface area is 146 Å². The van der Waals surface area contributed by atoms with Crippen LogP contribution in [0.25, 0.3) is 0 Å². The fraction of sp³-hybridized carbons (Fsp3) is 0.682. The molecule has 4 saturated carbocycles. The molecular formula is C22H31NO. The van der Waals surface area contributed by atoms with Gasteiger partial charge in [0.15, 0.2) is 0 Å². The number of carbonyl (C=O) groups is 1. The van der Waals surface area contributed by atoms with E-state index in [4.69, 9.17) is 0 Å². The van der Waals surface area contributed by atoms with Crippen molar-refractivity contribution in [2.45, 2.75) is 64.3 Å². The second kappa shape index (κ2) is 5.89. The number of rotatable bonds is 4. The summed E-state index contributed by atoms with van der Waals surface area (Å²) in [7, 11) is 0. The molecule has 0 aromatic heterocycles. The van der Waals surface area contributed by atoms with Crippen molar-refractivity contribution >= 4 is 5.91 Å². The van der Waals surface area contributed by atoms with Crippen LogP contribution in [0.2, 0.25) is 0 Å². The summed E-state index contributed by atoms with van der Waals surface area (Å²) < 4.78 is 0. The van der Waals surface area contributed by atoms with E-state index in [1.807, 2.05) is 0 Å². The Balaban J connectivity index is 1.71. The van der Waals surface area contributed by atoms with Gasteiger partial charge in [0.05, 0.1) is 0 Å². The maximum atomic E-state index is 12.8. The third kappa shape index (κ3) is 2.41. The molecule has 0 radical (unpaired) electrons. The molecule has 1 aromatic carbocycles. The van der Waals surface area contributed by atoms with Crippen LogP contribution in [0, 0.1) is 29.6 Å². The Bertz CT molecular complexity index is 576. The summed E-state index contributed by atoms with van der Waals surface area (Å²) >= 11 is 0. The lowest BCUT2D eigenvalue weighted by Crippen LogP contribution is -2.59. The van der Waals surface area contributed by atoms with Gasteiger partial charge in [0, 0.05) is 17.9 Å². The molecule has 0 unspecified atom stereocenters. The summed E-state index contributed by atoms with van der Waals surface area (Å²) in [4.78, 5) is 12.8. The number of amides is 1. The summed E-state index contributed by atoms with van der Waals surface area (Å²) in [6.45, 7) is 6.60. The van der Waals surface area contributed by atoms with E-state index in [9.17, 15) is 4.79 Å². The molecule has 1 amide bonds. The van der Waals surface area contributed by atoms with Gasteiger partial charge in [-0.05, 0) is 74.7 Å². The Morgan fingerprint density at radius 1 is 1.08 bits per heavy atom. The Morgan fingerprint density at radius 3 is 2.12 bits per heavy atom. The van der Waals surface area contributed by atoms with Crippen molar-refractivity contribution in [1.82, 2.24) is 5.32 Å². The minimum Gasteiger partial charge on any atom is -0.354 e. The summed E-state index contributed by atoms with van der Waals surface area (Å²) in [6.07, 6.45) is 6.00. The van der Waals surface area contributed by atoms with Gasteiger partial charge in [-0.25, -0.2) is 0 Å². The summed E-state index contributed by atoms with van der Waals surface area (Å²) in [5.41, 5.74) is 1.50. The fourth-order valence-corrected chi connectivity index (χ4v) is 6.51. The van der Waals surface area contributed by atoms with Crippen molar-refractivity contribution < 1.29 is 4.79 Å². The Hall–Kier alpha value is -1.31. The first-order valence-corrected chi connectivity index (χ1v) is 9.85. The van der Waals surface area contributed by atoms with Gasteiger partial charge in [0.25, 0.3) is 0 Å². The summed E-state index contributed by atoms with van der Waals surface area (Å²) in [5, 5.41) is 3.17. The van der Waals surface area contributed by atoms with Crippen molar-refractivity contribution in [3.05, 3.63) is 35.9 Å². The van der Waals surface area contributed by atoms with E-state index < -0.39 is 0 Å². The lowest BCUT2D eigenvalue weighted by Gasteiger charge is -2.63. The molecule has 4 bridgehead atoms. The van der Waals surface area contributed by atoms with E-state index in [-0.39, 0.29) is 17.4 Å². The third-order valence-corrected chi connectivity index (χ3v) is 7.51. The smallest absolute Gasteiger partial charge is 0.221 e.